The molecule has 1 aliphatic rings. The number of rotatable bonds is 2. The maximum Gasteiger partial charge on any atom is 0.0958 e. The Bertz CT molecular complexity index is 339. The molecule has 0 bridgehead atoms. The minimum absolute atomic E-state index is 0.138. The molecule has 1 aromatic heterocycles. The summed E-state index contributed by atoms with van der Waals surface area (Å²) in [5.74, 6) is 0.434. The molecule has 1 saturated heterocycles. The van der Waals surface area contributed by atoms with Gasteiger partial charge in [-0.1, -0.05) is 19.9 Å². The van der Waals surface area contributed by atoms with Gasteiger partial charge in [-0.05, 0) is 12.0 Å². The van der Waals surface area contributed by atoms with E-state index in [9.17, 15) is 5.11 Å². The van der Waals surface area contributed by atoms with E-state index >= 15 is 0 Å². The fourth-order valence-electron chi connectivity index (χ4n) is 2.20. The van der Waals surface area contributed by atoms with E-state index in [0.717, 1.165) is 5.56 Å². The van der Waals surface area contributed by atoms with E-state index in [2.05, 4.69) is 18.8 Å². The molecule has 3 heteroatoms. The Balaban J connectivity index is 2.19. The normalized spacial score (nSPS) is 30.6. The average molecular weight is 221 g/mol. The number of hydrogen-bond acceptors (Lipinski definition) is 3. The summed E-state index contributed by atoms with van der Waals surface area (Å²) >= 11 is 0. The Kier molecular flexibility index (Phi) is 3.26. The van der Waals surface area contributed by atoms with Crippen molar-refractivity contribution < 1.29 is 9.84 Å². The van der Waals surface area contributed by atoms with Crippen LogP contribution in [0.15, 0.2) is 24.5 Å². The Hall–Kier alpha value is -0.930. The molecule has 1 N–H and O–H groups in total. The first kappa shape index (κ1) is 11.6. The van der Waals surface area contributed by atoms with Crippen LogP contribution in [0.25, 0.3) is 0 Å². The molecule has 16 heavy (non-hydrogen) atoms. The van der Waals surface area contributed by atoms with Gasteiger partial charge in [-0.15, -0.1) is 0 Å². The first-order valence-corrected chi connectivity index (χ1v) is 5.86. The summed E-state index contributed by atoms with van der Waals surface area (Å²) in [4.78, 5) is 4.07. The summed E-state index contributed by atoms with van der Waals surface area (Å²) in [6, 6.07) is 3.81. The van der Waals surface area contributed by atoms with E-state index in [1.807, 2.05) is 12.1 Å². The van der Waals surface area contributed by atoms with Crippen molar-refractivity contribution >= 4 is 0 Å². The van der Waals surface area contributed by atoms with E-state index in [1.54, 1.807) is 12.4 Å². The highest BCUT2D eigenvalue weighted by atomic mass is 16.5. The van der Waals surface area contributed by atoms with Crippen LogP contribution in [-0.4, -0.2) is 22.8 Å². The quantitative estimate of drug-likeness (QED) is 0.831. The number of hydrogen-bond donors (Lipinski definition) is 1. The van der Waals surface area contributed by atoms with Crippen molar-refractivity contribution in [2.75, 3.05) is 6.61 Å². The van der Waals surface area contributed by atoms with Crippen molar-refractivity contribution in [3.8, 4) is 0 Å². The van der Waals surface area contributed by atoms with Crippen LogP contribution in [0.3, 0.4) is 0 Å². The molecule has 0 saturated carbocycles. The van der Waals surface area contributed by atoms with Crippen LogP contribution in [-0.2, 0) is 10.3 Å². The third-order valence-corrected chi connectivity index (χ3v) is 3.33. The molecule has 0 aromatic carbocycles. The van der Waals surface area contributed by atoms with Gasteiger partial charge in [-0.2, -0.15) is 0 Å². The van der Waals surface area contributed by atoms with Gasteiger partial charge < -0.3 is 9.84 Å². The lowest BCUT2D eigenvalue weighted by atomic mass is 9.82. The van der Waals surface area contributed by atoms with Gasteiger partial charge in [0.25, 0.3) is 0 Å². The van der Waals surface area contributed by atoms with Crippen molar-refractivity contribution in [1.82, 2.24) is 4.98 Å². The summed E-state index contributed by atoms with van der Waals surface area (Å²) < 4.78 is 5.68. The summed E-state index contributed by atoms with van der Waals surface area (Å²) in [6.45, 7) is 4.87. The highest BCUT2D eigenvalue weighted by Gasteiger charge is 2.37. The molecule has 1 fully saturated rings. The molecule has 1 aromatic rings. The van der Waals surface area contributed by atoms with Crippen LogP contribution in [0.1, 0.15) is 32.3 Å². The molecule has 0 spiro atoms. The van der Waals surface area contributed by atoms with E-state index in [4.69, 9.17) is 4.74 Å². The van der Waals surface area contributed by atoms with E-state index in [-0.39, 0.29) is 6.10 Å². The zero-order valence-corrected chi connectivity index (χ0v) is 9.89. The topological polar surface area (TPSA) is 42.4 Å². The molecule has 0 aliphatic carbocycles. The molecule has 2 unspecified atom stereocenters. The van der Waals surface area contributed by atoms with Crippen LogP contribution in [0.5, 0.6) is 0 Å². The minimum Gasteiger partial charge on any atom is -0.385 e. The third kappa shape index (κ3) is 2.25. The van der Waals surface area contributed by atoms with Crippen LogP contribution < -0.4 is 0 Å². The fourth-order valence-corrected chi connectivity index (χ4v) is 2.20. The van der Waals surface area contributed by atoms with Crippen LogP contribution >= 0.6 is 0 Å². The van der Waals surface area contributed by atoms with Crippen molar-refractivity contribution in [3.05, 3.63) is 30.1 Å². The minimum atomic E-state index is -0.762. The monoisotopic (exact) mass is 221 g/mol. The molecule has 0 amide bonds. The van der Waals surface area contributed by atoms with Crippen molar-refractivity contribution in [3.63, 3.8) is 0 Å². The zero-order chi connectivity index (χ0) is 11.6. The lowest BCUT2D eigenvalue weighted by molar-refractivity contribution is -0.121. The highest BCUT2D eigenvalue weighted by Crippen LogP contribution is 2.36. The molecule has 2 rings (SSSR count). The summed E-state index contributed by atoms with van der Waals surface area (Å²) in [6.07, 6.45) is 4.94. The Morgan fingerprint density at radius 1 is 1.56 bits per heavy atom. The Morgan fingerprint density at radius 2 is 2.38 bits per heavy atom. The van der Waals surface area contributed by atoms with Crippen LogP contribution in [0.2, 0.25) is 0 Å². The summed E-state index contributed by atoms with van der Waals surface area (Å²) in [5, 5.41) is 10.6. The van der Waals surface area contributed by atoms with E-state index in [1.165, 1.54) is 0 Å². The molecule has 0 radical (unpaired) electrons. The van der Waals surface area contributed by atoms with E-state index < -0.39 is 5.60 Å². The fraction of sp³-hybridized carbons (Fsp3) is 0.615. The lowest BCUT2D eigenvalue weighted by Gasteiger charge is -2.38. The molecule has 3 nitrogen and oxygen atoms in total. The molecular weight excluding hydrogens is 202 g/mol. The van der Waals surface area contributed by atoms with E-state index in [0.29, 0.717) is 25.4 Å². The highest BCUT2D eigenvalue weighted by molar-refractivity contribution is 5.19. The zero-order valence-electron chi connectivity index (χ0n) is 9.89. The molecule has 88 valence electrons. The summed E-state index contributed by atoms with van der Waals surface area (Å²) in [7, 11) is 0. The number of aliphatic hydroxyl groups is 1. The van der Waals surface area contributed by atoms with Crippen LogP contribution in [0.4, 0.5) is 0 Å². The third-order valence-electron chi connectivity index (χ3n) is 3.33. The predicted octanol–water partition coefficient (Wildman–Crippen LogP) is 2.10. The molecule has 2 heterocycles. The number of pyridine rings is 1. The molecule has 1 aliphatic heterocycles. The number of aromatic nitrogens is 1. The summed E-state index contributed by atoms with van der Waals surface area (Å²) in [5.41, 5.74) is 0.144. The first-order valence-electron chi connectivity index (χ1n) is 5.86. The second kappa shape index (κ2) is 4.52. The van der Waals surface area contributed by atoms with Crippen molar-refractivity contribution in [2.24, 2.45) is 5.92 Å². The van der Waals surface area contributed by atoms with Gasteiger partial charge in [-0.3, -0.25) is 4.98 Å². The van der Waals surface area contributed by atoms with Gasteiger partial charge in [0.1, 0.15) is 0 Å². The lowest BCUT2D eigenvalue weighted by Crippen LogP contribution is -2.40. The van der Waals surface area contributed by atoms with Gasteiger partial charge in [0, 0.05) is 30.8 Å². The molecular formula is C13H19NO2. The predicted molar refractivity (Wildman–Crippen MR) is 61.9 cm³/mol. The van der Waals surface area contributed by atoms with Crippen LogP contribution in [0, 0.1) is 5.92 Å². The number of ether oxygens (including phenoxy) is 1. The number of nitrogens with zero attached hydrogens (tertiary/aromatic N) is 1. The standard InChI is InChI=1S/C13H19NO2/c1-10(2)12-8-13(15,5-7-16-12)11-4-3-6-14-9-11/h3-4,6,9-10,12,15H,5,7-8H2,1-2H3. The smallest absolute Gasteiger partial charge is 0.0958 e. The SMILES string of the molecule is CC(C)C1CC(O)(c2cccnc2)CCO1. The largest absolute Gasteiger partial charge is 0.385 e. The van der Waals surface area contributed by atoms with Crippen molar-refractivity contribution in [1.29, 1.82) is 0 Å². The second-order valence-electron chi connectivity index (χ2n) is 4.88. The van der Waals surface area contributed by atoms with Crippen molar-refractivity contribution in [2.45, 2.75) is 38.4 Å². The second-order valence-corrected chi connectivity index (χ2v) is 4.88. The van der Waals surface area contributed by atoms with Gasteiger partial charge in [-0.25, -0.2) is 0 Å². The molecule has 2 atom stereocenters. The van der Waals surface area contributed by atoms with Gasteiger partial charge in [0.2, 0.25) is 0 Å². The van der Waals surface area contributed by atoms with Gasteiger partial charge >= 0.3 is 0 Å². The van der Waals surface area contributed by atoms with Gasteiger partial charge in [0.15, 0.2) is 0 Å². The Labute approximate surface area is 96.5 Å². The first-order chi connectivity index (χ1) is 7.62. The Morgan fingerprint density at radius 3 is 3.00 bits per heavy atom. The maximum atomic E-state index is 10.6. The maximum absolute atomic E-state index is 10.6. The average Bonchev–Trinajstić information content (AvgIpc) is 2.30. The van der Waals surface area contributed by atoms with Gasteiger partial charge in [0.05, 0.1) is 18.3 Å².